The lowest BCUT2D eigenvalue weighted by atomic mass is 9.94. The summed E-state index contributed by atoms with van der Waals surface area (Å²) in [6.45, 7) is 1.91. The van der Waals surface area contributed by atoms with E-state index in [2.05, 4.69) is 20.8 Å². The van der Waals surface area contributed by atoms with Crippen LogP contribution in [0.5, 0.6) is 0 Å². The number of ether oxygens (including phenoxy) is 1. The third kappa shape index (κ3) is 2.22. The summed E-state index contributed by atoms with van der Waals surface area (Å²) in [6.07, 6.45) is 0.578. The number of methoxy groups -OCH3 is 1. The van der Waals surface area contributed by atoms with E-state index >= 15 is 0 Å². The molecule has 0 saturated carbocycles. The van der Waals surface area contributed by atoms with Crippen molar-refractivity contribution in [2.24, 2.45) is 0 Å². The topological polar surface area (TPSA) is 81.9 Å². The quantitative estimate of drug-likeness (QED) is 0.869. The van der Waals surface area contributed by atoms with Crippen molar-refractivity contribution in [3.8, 4) is 0 Å². The smallest absolute Gasteiger partial charge is 0.338 e. The number of carbonyl (C=O) groups excluding carboxylic acids is 1. The van der Waals surface area contributed by atoms with Crippen LogP contribution in [0.2, 0.25) is 0 Å². The minimum Gasteiger partial charge on any atom is -0.466 e. The van der Waals surface area contributed by atoms with Gasteiger partial charge in [-0.2, -0.15) is 4.68 Å². The molecule has 0 fully saturated rings. The molecule has 8 heteroatoms. The first-order chi connectivity index (χ1) is 10.7. The predicted molar refractivity (Wildman–Crippen MR) is 75.3 cm³/mol. The average Bonchev–Trinajstić information content (AvgIpc) is 3.01. The lowest BCUT2D eigenvalue weighted by Gasteiger charge is -2.28. The van der Waals surface area contributed by atoms with Gasteiger partial charge in [0.25, 0.3) is 0 Å². The van der Waals surface area contributed by atoms with Gasteiger partial charge < -0.3 is 10.1 Å². The van der Waals surface area contributed by atoms with Crippen LogP contribution in [0.1, 0.15) is 24.9 Å². The number of hydrogen-bond acceptors (Lipinski definition) is 6. The largest absolute Gasteiger partial charge is 0.466 e. The van der Waals surface area contributed by atoms with Crippen LogP contribution in [0.15, 0.2) is 35.5 Å². The number of hydrogen-bond donors (Lipinski definition) is 1. The number of halogens is 1. The Kier molecular flexibility index (Phi) is 3.58. The molecule has 1 aromatic heterocycles. The van der Waals surface area contributed by atoms with Crippen molar-refractivity contribution < 1.29 is 13.9 Å². The molecule has 1 atom stereocenters. The first-order valence-electron chi connectivity index (χ1n) is 6.77. The van der Waals surface area contributed by atoms with Crippen LogP contribution in [0.4, 0.5) is 10.3 Å². The van der Waals surface area contributed by atoms with Gasteiger partial charge in [0.15, 0.2) is 0 Å². The van der Waals surface area contributed by atoms with Crippen LogP contribution in [0, 0.1) is 5.82 Å². The van der Waals surface area contributed by atoms with Crippen molar-refractivity contribution in [3.63, 3.8) is 0 Å². The molecule has 2 heterocycles. The lowest BCUT2D eigenvalue weighted by molar-refractivity contribution is -0.136. The van der Waals surface area contributed by atoms with Crippen molar-refractivity contribution in [2.45, 2.75) is 19.4 Å². The summed E-state index contributed by atoms with van der Waals surface area (Å²) in [5, 5.41) is 14.5. The Morgan fingerprint density at radius 1 is 1.41 bits per heavy atom. The van der Waals surface area contributed by atoms with E-state index in [0.29, 0.717) is 29.2 Å². The van der Waals surface area contributed by atoms with Crippen molar-refractivity contribution in [2.75, 3.05) is 12.4 Å². The first-order valence-corrected chi connectivity index (χ1v) is 6.77. The molecule has 2 aromatic rings. The molecule has 7 nitrogen and oxygen atoms in total. The number of aromatic nitrogens is 4. The van der Waals surface area contributed by atoms with Gasteiger partial charge in [-0.05, 0) is 34.5 Å². The molecule has 0 spiro atoms. The SMILES string of the molecule is CCC1=C(C(=O)OC)[C@H](c2ccc(F)cc2)n2nnnc2N1. The number of tetrazole rings is 1. The summed E-state index contributed by atoms with van der Waals surface area (Å²) in [5.41, 5.74) is 1.79. The highest BCUT2D eigenvalue weighted by Crippen LogP contribution is 2.35. The van der Waals surface area contributed by atoms with Crippen molar-refractivity contribution >= 4 is 11.9 Å². The molecular formula is C14H14FN5O2. The standard InChI is InChI=1S/C14H14FN5O2/c1-3-10-11(13(21)22-2)12(8-4-6-9(15)7-5-8)20-14(16-10)17-18-19-20/h4-7,12H,3H2,1-2H3,(H,16,17,19)/t12-/m0/s1. The molecule has 3 rings (SSSR count). The van der Waals surface area contributed by atoms with E-state index in [0.717, 1.165) is 0 Å². The summed E-state index contributed by atoms with van der Waals surface area (Å²) < 4.78 is 19.6. The highest BCUT2D eigenvalue weighted by Gasteiger charge is 2.35. The summed E-state index contributed by atoms with van der Waals surface area (Å²) in [7, 11) is 1.32. The maximum atomic E-state index is 13.2. The fourth-order valence-corrected chi connectivity index (χ4v) is 2.52. The minimum absolute atomic E-state index is 0.353. The Morgan fingerprint density at radius 2 is 2.14 bits per heavy atom. The molecule has 0 radical (unpaired) electrons. The van der Waals surface area contributed by atoms with E-state index in [1.54, 1.807) is 12.1 Å². The Balaban J connectivity index is 2.19. The average molecular weight is 303 g/mol. The predicted octanol–water partition coefficient (Wildman–Crippen LogP) is 1.66. The molecule has 1 aliphatic rings. The van der Waals surface area contributed by atoms with Crippen LogP contribution in [-0.4, -0.2) is 33.3 Å². The molecule has 0 amide bonds. The second-order valence-electron chi connectivity index (χ2n) is 4.76. The van der Waals surface area contributed by atoms with Gasteiger partial charge in [-0.15, -0.1) is 0 Å². The van der Waals surface area contributed by atoms with Gasteiger partial charge in [0.1, 0.15) is 11.9 Å². The van der Waals surface area contributed by atoms with Crippen LogP contribution in [0.3, 0.4) is 0 Å². The highest BCUT2D eigenvalue weighted by atomic mass is 19.1. The van der Waals surface area contributed by atoms with E-state index in [4.69, 9.17) is 4.74 Å². The number of carbonyl (C=O) groups is 1. The van der Waals surface area contributed by atoms with Gasteiger partial charge in [0.2, 0.25) is 5.95 Å². The number of nitrogens with zero attached hydrogens (tertiary/aromatic N) is 4. The normalized spacial score (nSPS) is 17.0. The van der Waals surface area contributed by atoms with E-state index in [-0.39, 0.29) is 5.82 Å². The molecule has 0 unspecified atom stereocenters. The molecule has 0 bridgehead atoms. The summed E-state index contributed by atoms with van der Waals surface area (Å²) in [5.74, 6) is -0.396. The fourth-order valence-electron chi connectivity index (χ4n) is 2.52. The van der Waals surface area contributed by atoms with Crippen LogP contribution >= 0.6 is 0 Å². The van der Waals surface area contributed by atoms with Crippen LogP contribution in [-0.2, 0) is 9.53 Å². The second-order valence-corrected chi connectivity index (χ2v) is 4.76. The van der Waals surface area contributed by atoms with Gasteiger partial charge >= 0.3 is 5.97 Å². The Labute approximate surface area is 125 Å². The van der Waals surface area contributed by atoms with E-state index in [1.807, 2.05) is 6.92 Å². The van der Waals surface area contributed by atoms with Gasteiger partial charge in [-0.1, -0.05) is 24.2 Å². The summed E-state index contributed by atoms with van der Waals surface area (Å²) in [6, 6.07) is 5.32. The number of allylic oxidation sites excluding steroid dienone is 1. The monoisotopic (exact) mass is 303 g/mol. The molecule has 1 N–H and O–H groups in total. The van der Waals surface area contributed by atoms with Gasteiger partial charge in [0, 0.05) is 5.70 Å². The van der Waals surface area contributed by atoms with Crippen molar-refractivity contribution in [1.82, 2.24) is 20.2 Å². The van der Waals surface area contributed by atoms with E-state index < -0.39 is 12.0 Å². The third-order valence-electron chi connectivity index (χ3n) is 3.54. The minimum atomic E-state index is -0.561. The number of rotatable bonds is 3. The van der Waals surface area contributed by atoms with E-state index in [9.17, 15) is 9.18 Å². The Hall–Kier alpha value is -2.77. The Bertz CT molecular complexity index is 738. The number of anilines is 1. The number of nitrogens with one attached hydrogen (secondary N) is 1. The van der Waals surface area contributed by atoms with Crippen molar-refractivity contribution in [1.29, 1.82) is 0 Å². The number of benzene rings is 1. The Morgan fingerprint density at radius 3 is 2.77 bits per heavy atom. The lowest BCUT2D eigenvalue weighted by Crippen LogP contribution is -2.30. The van der Waals surface area contributed by atoms with Crippen molar-refractivity contribution in [3.05, 3.63) is 46.9 Å². The van der Waals surface area contributed by atoms with Gasteiger partial charge in [0.05, 0.1) is 12.7 Å². The number of esters is 1. The highest BCUT2D eigenvalue weighted by molar-refractivity contribution is 5.92. The molecule has 1 aromatic carbocycles. The zero-order chi connectivity index (χ0) is 15.7. The molecule has 0 saturated heterocycles. The third-order valence-corrected chi connectivity index (χ3v) is 3.54. The van der Waals surface area contributed by atoms with Crippen LogP contribution < -0.4 is 5.32 Å². The molecule has 22 heavy (non-hydrogen) atoms. The fraction of sp³-hybridized carbons (Fsp3) is 0.286. The maximum absolute atomic E-state index is 13.2. The number of fused-ring (bicyclic) bond motifs is 1. The molecular weight excluding hydrogens is 289 g/mol. The zero-order valence-electron chi connectivity index (χ0n) is 12.1. The van der Waals surface area contributed by atoms with Gasteiger partial charge in [-0.25, -0.2) is 9.18 Å². The molecule has 114 valence electrons. The van der Waals surface area contributed by atoms with Gasteiger partial charge in [-0.3, -0.25) is 0 Å². The molecule has 0 aliphatic carbocycles. The van der Waals surface area contributed by atoms with Crippen LogP contribution in [0.25, 0.3) is 0 Å². The zero-order valence-corrected chi connectivity index (χ0v) is 12.1. The first kappa shape index (κ1) is 14.2. The summed E-state index contributed by atoms with van der Waals surface area (Å²) in [4.78, 5) is 12.2. The molecule has 1 aliphatic heterocycles. The maximum Gasteiger partial charge on any atom is 0.338 e. The summed E-state index contributed by atoms with van der Waals surface area (Å²) >= 11 is 0. The van der Waals surface area contributed by atoms with E-state index in [1.165, 1.54) is 23.9 Å². The second kappa shape index (κ2) is 5.55.